The number of furan rings is 1. The molecule has 0 bridgehead atoms. The molecule has 1 aromatic carbocycles. The van der Waals surface area contributed by atoms with Gasteiger partial charge in [-0.05, 0) is 31.2 Å². The van der Waals surface area contributed by atoms with E-state index in [1.54, 1.807) is 23.7 Å². The molecule has 2 amide bonds. The highest BCUT2D eigenvalue weighted by Gasteiger charge is 2.35. The van der Waals surface area contributed by atoms with E-state index in [9.17, 15) is 14.4 Å². The van der Waals surface area contributed by atoms with Crippen LogP contribution in [0, 0.1) is 0 Å². The lowest BCUT2D eigenvalue weighted by atomic mass is 10.0. The maximum atomic E-state index is 12.8. The quantitative estimate of drug-likeness (QED) is 0.203. The Kier molecular flexibility index (Phi) is 6.10. The highest BCUT2D eigenvalue weighted by Crippen LogP contribution is 2.30. The number of rotatable bonds is 7. The van der Waals surface area contributed by atoms with E-state index >= 15 is 0 Å². The van der Waals surface area contributed by atoms with Crippen LogP contribution >= 0.6 is 11.8 Å². The molecule has 11 nitrogen and oxygen atoms in total. The van der Waals surface area contributed by atoms with Gasteiger partial charge in [0.1, 0.15) is 17.2 Å². The second kappa shape index (κ2) is 9.50. The summed E-state index contributed by atoms with van der Waals surface area (Å²) in [5, 5.41) is 10.3. The lowest BCUT2D eigenvalue weighted by molar-refractivity contribution is -0.139. The Labute approximate surface area is 202 Å². The van der Waals surface area contributed by atoms with Crippen LogP contribution in [0.5, 0.6) is 0 Å². The molecule has 0 radical (unpaired) electrons. The lowest BCUT2D eigenvalue weighted by Gasteiger charge is -2.27. The van der Waals surface area contributed by atoms with E-state index in [-0.39, 0.29) is 23.5 Å². The number of aromatic nitrogens is 4. The van der Waals surface area contributed by atoms with Crippen molar-refractivity contribution in [2.24, 2.45) is 0 Å². The van der Waals surface area contributed by atoms with E-state index in [1.807, 2.05) is 30.3 Å². The number of carbonyl (C=O) groups is 2. The van der Waals surface area contributed by atoms with Crippen molar-refractivity contribution in [3.8, 4) is 5.69 Å². The predicted octanol–water partition coefficient (Wildman–Crippen LogP) is 2.67. The van der Waals surface area contributed by atoms with Gasteiger partial charge in [0.25, 0.3) is 5.56 Å². The Morgan fingerprint density at radius 2 is 2.03 bits per heavy atom. The third-order valence-corrected chi connectivity index (χ3v) is 6.15. The van der Waals surface area contributed by atoms with Gasteiger partial charge in [-0.1, -0.05) is 30.0 Å². The number of carbonyl (C=O) groups excluding carboxylic acids is 2. The highest BCUT2D eigenvalue weighted by molar-refractivity contribution is 7.99. The summed E-state index contributed by atoms with van der Waals surface area (Å²) in [6, 6.07) is 11.4. The van der Waals surface area contributed by atoms with Gasteiger partial charge < -0.3 is 24.8 Å². The molecule has 0 aliphatic carbocycles. The third kappa shape index (κ3) is 4.43. The summed E-state index contributed by atoms with van der Waals surface area (Å²) in [7, 11) is 0. The lowest BCUT2D eigenvalue weighted by Crippen LogP contribution is -2.46. The summed E-state index contributed by atoms with van der Waals surface area (Å²) in [6.45, 7) is 1.86. The van der Waals surface area contributed by atoms with Crippen molar-refractivity contribution in [1.82, 2.24) is 30.4 Å². The van der Waals surface area contributed by atoms with E-state index in [2.05, 4.69) is 25.7 Å². The van der Waals surface area contributed by atoms with Crippen LogP contribution in [0.25, 0.3) is 16.7 Å². The number of hydrogen-bond donors (Lipinski definition) is 3. The van der Waals surface area contributed by atoms with Crippen molar-refractivity contribution in [2.45, 2.75) is 18.1 Å². The fourth-order valence-corrected chi connectivity index (χ4v) is 4.54. The number of benzene rings is 1. The van der Waals surface area contributed by atoms with Crippen molar-refractivity contribution >= 4 is 34.8 Å². The molecule has 1 aliphatic heterocycles. The average molecular weight is 493 g/mol. The maximum absolute atomic E-state index is 12.8. The largest absolute Gasteiger partial charge is 0.467 e. The van der Waals surface area contributed by atoms with Gasteiger partial charge in [0.2, 0.25) is 0 Å². The molecule has 4 aromatic rings. The fraction of sp³-hybridized carbons (Fsp3) is 0.174. The van der Waals surface area contributed by atoms with Crippen LogP contribution in [0.15, 0.2) is 80.6 Å². The van der Waals surface area contributed by atoms with Crippen molar-refractivity contribution in [3.05, 3.63) is 82.3 Å². The van der Waals surface area contributed by atoms with Gasteiger partial charge in [-0.25, -0.2) is 19.3 Å². The second-order valence-corrected chi connectivity index (χ2v) is 8.41. The Morgan fingerprint density at radius 1 is 1.20 bits per heavy atom. The summed E-state index contributed by atoms with van der Waals surface area (Å²) in [4.78, 5) is 45.2. The van der Waals surface area contributed by atoms with E-state index in [0.29, 0.717) is 27.6 Å². The zero-order chi connectivity index (χ0) is 24.4. The minimum absolute atomic E-state index is 0.132. The van der Waals surface area contributed by atoms with Crippen LogP contribution in [0.2, 0.25) is 0 Å². The SMILES string of the molecule is CCOC(=O)C1=C(CSc2nc3c(cnn3-c3ccccc3)c(=O)[nH]2)NC(=O)N[C@H]1c1ccco1. The smallest absolute Gasteiger partial charge is 0.338 e. The molecule has 5 rings (SSSR count). The van der Waals surface area contributed by atoms with Crippen molar-refractivity contribution < 1.29 is 18.7 Å². The van der Waals surface area contributed by atoms with Crippen LogP contribution in [0.3, 0.4) is 0 Å². The van der Waals surface area contributed by atoms with Crippen molar-refractivity contribution in [1.29, 1.82) is 0 Å². The summed E-state index contributed by atoms with van der Waals surface area (Å²) in [5.74, 6) is -0.0617. The molecule has 0 spiro atoms. The Balaban J connectivity index is 1.50. The average Bonchev–Trinajstić information content (AvgIpc) is 3.54. The zero-order valence-corrected chi connectivity index (χ0v) is 19.3. The number of nitrogens with one attached hydrogen (secondary N) is 3. The zero-order valence-electron chi connectivity index (χ0n) is 18.5. The minimum Gasteiger partial charge on any atom is -0.467 e. The van der Waals surface area contributed by atoms with E-state index in [0.717, 1.165) is 17.4 Å². The number of hydrogen-bond acceptors (Lipinski definition) is 8. The first-order valence-electron chi connectivity index (χ1n) is 10.7. The highest BCUT2D eigenvalue weighted by atomic mass is 32.2. The molecular formula is C23H20N6O5S. The number of thioether (sulfide) groups is 1. The van der Waals surface area contributed by atoms with Gasteiger partial charge >= 0.3 is 12.0 Å². The summed E-state index contributed by atoms with van der Waals surface area (Å²) in [5.41, 5.74) is 1.35. The van der Waals surface area contributed by atoms with Crippen LogP contribution in [-0.4, -0.2) is 44.1 Å². The number of ether oxygens (including phenoxy) is 1. The number of nitrogens with zero attached hydrogens (tertiary/aromatic N) is 3. The number of esters is 1. The molecule has 178 valence electrons. The van der Waals surface area contributed by atoms with Gasteiger partial charge in [0.15, 0.2) is 10.8 Å². The first-order chi connectivity index (χ1) is 17.0. The van der Waals surface area contributed by atoms with Crippen molar-refractivity contribution in [2.75, 3.05) is 12.4 Å². The van der Waals surface area contributed by atoms with Crippen LogP contribution < -0.4 is 16.2 Å². The molecule has 1 aliphatic rings. The molecule has 4 heterocycles. The maximum Gasteiger partial charge on any atom is 0.338 e. The summed E-state index contributed by atoms with van der Waals surface area (Å²) in [6.07, 6.45) is 2.92. The number of urea groups is 1. The molecule has 1 atom stereocenters. The van der Waals surface area contributed by atoms with Gasteiger partial charge in [-0.3, -0.25) is 4.79 Å². The third-order valence-electron chi connectivity index (χ3n) is 5.25. The van der Waals surface area contributed by atoms with Crippen LogP contribution in [-0.2, 0) is 9.53 Å². The monoisotopic (exact) mass is 492 g/mol. The number of para-hydroxylation sites is 1. The Bertz CT molecular complexity index is 1480. The number of H-pyrrole nitrogens is 1. The summed E-state index contributed by atoms with van der Waals surface area (Å²) < 4.78 is 12.3. The predicted molar refractivity (Wildman–Crippen MR) is 127 cm³/mol. The van der Waals surface area contributed by atoms with Gasteiger partial charge in [0, 0.05) is 11.4 Å². The molecule has 3 aromatic heterocycles. The number of fused-ring (bicyclic) bond motifs is 1. The summed E-state index contributed by atoms with van der Waals surface area (Å²) >= 11 is 1.16. The molecule has 0 fully saturated rings. The molecule has 0 saturated carbocycles. The second-order valence-electron chi connectivity index (χ2n) is 7.45. The van der Waals surface area contributed by atoms with Gasteiger partial charge in [0.05, 0.1) is 30.3 Å². The van der Waals surface area contributed by atoms with E-state index < -0.39 is 18.0 Å². The minimum atomic E-state index is -0.817. The van der Waals surface area contributed by atoms with Gasteiger partial charge in [-0.15, -0.1) is 0 Å². The molecule has 35 heavy (non-hydrogen) atoms. The molecule has 3 N–H and O–H groups in total. The number of amides is 2. The van der Waals surface area contributed by atoms with Gasteiger partial charge in [-0.2, -0.15) is 5.10 Å². The Morgan fingerprint density at radius 3 is 2.77 bits per heavy atom. The topological polar surface area (TPSA) is 144 Å². The number of aromatic amines is 1. The molecule has 0 unspecified atom stereocenters. The first kappa shape index (κ1) is 22.5. The van der Waals surface area contributed by atoms with Crippen molar-refractivity contribution in [3.63, 3.8) is 0 Å². The van der Waals surface area contributed by atoms with E-state index in [4.69, 9.17) is 9.15 Å². The fourth-order valence-electron chi connectivity index (χ4n) is 3.72. The van der Waals surface area contributed by atoms with Crippen LogP contribution in [0.1, 0.15) is 18.7 Å². The molecule has 0 saturated heterocycles. The van der Waals surface area contributed by atoms with Crippen LogP contribution in [0.4, 0.5) is 4.79 Å². The standard InChI is InChI=1S/C23H20N6O5S/c1-2-33-21(31)17-15(25-22(32)26-18(17)16-9-6-10-34-16)12-35-23-27-19-14(20(30)28-23)11-24-29(19)13-7-4-3-5-8-13/h3-11,18H,2,12H2,1H3,(H2,25,26,32)(H,27,28,30)/t18-/m0/s1. The van der Waals surface area contributed by atoms with E-state index in [1.165, 1.54) is 12.5 Å². The molecular weight excluding hydrogens is 472 g/mol. The normalized spacial score (nSPS) is 15.7. The Hall–Kier alpha value is -4.32. The molecule has 12 heteroatoms. The first-order valence-corrected chi connectivity index (χ1v) is 11.7.